The molecule has 5 nitrogen and oxygen atoms in total. The average molecular weight is 357 g/mol. The lowest BCUT2D eigenvalue weighted by Crippen LogP contribution is -2.57. The van der Waals surface area contributed by atoms with E-state index in [0.29, 0.717) is 0 Å². The molecule has 0 saturated heterocycles. The van der Waals surface area contributed by atoms with E-state index >= 15 is 0 Å². The van der Waals surface area contributed by atoms with E-state index in [2.05, 4.69) is 23.7 Å². The highest BCUT2D eigenvalue weighted by Crippen LogP contribution is 2.42. The number of hydrogen-bond acceptors (Lipinski definition) is 5. The van der Waals surface area contributed by atoms with E-state index in [9.17, 15) is 14.7 Å². The van der Waals surface area contributed by atoms with Gasteiger partial charge in [-0.25, -0.2) is 0 Å². The summed E-state index contributed by atoms with van der Waals surface area (Å²) < 4.78 is 6.32. The van der Waals surface area contributed by atoms with Crippen molar-refractivity contribution in [2.24, 2.45) is 5.73 Å². The second-order valence-electron chi connectivity index (χ2n) is 7.74. The summed E-state index contributed by atoms with van der Waals surface area (Å²) in [7, 11) is -2.45. The van der Waals surface area contributed by atoms with Gasteiger partial charge in [-0.15, -0.1) is 0 Å². The van der Waals surface area contributed by atoms with E-state index in [0.717, 1.165) is 0 Å². The van der Waals surface area contributed by atoms with Gasteiger partial charge in [-0.3, -0.25) is 9.59 Å². The largest absolute Gasteiger partial charge is 0.395 e. The number of hydrogen-bond donors (Lipinski definition) is 2. The van der Waals surface area contributed by atoms with Crippen LogP contribution >= 0.6 is 0 Å². The van der Waals surface area contributed by atoms with Gasteiger partial charge in [0.05, 0.1) is 17.7 Å². The van der Waals surface area contributed by atoms with Crippen molar-refractivity contribution in [3.8, 4) is 23.7 Å². The van der Waals surface area contributed by atoms with Gasteiger partial charge in [0.2, 0.25) is 5.78 Å². The minimum Gasteiger partial charge on any atom is -0.395 e. The molecule has 0 heterocycles. The molecule has 0 aromatic rings. The van der Waals surface area contributed by atoms with Crippen molar-refractivity contribution < 1.29 is 19.1 Å². The van der Waals surface area contributed by atoms with Crippen LogP contribution in [0.3, 0.4) is 0 Å². The van der Waals surface area contributed by atoms with Crippen LogP contribution in [0, 0.1) is 23.7 Å². The molecule has 2 aliphatic rings. The summed E-state index contributed by atoms with van der Waals surface area (Å²) in [5.41, 5.74) is 3.69. The van der Waals surface area contributed by atoms with Crippen molar-refractivity contribution >= 4 is 19.9 Å². The Balaban J connectivity index is 2.68. The topological polar surface area (TPSA) is 89.6 Å². The summed E-state index contributed by atoms with van der Waals surface area (Å²) in [6.45, 7) is 10.1. The third-order valence-electron chi connectivity index (χ3n) is 4.86. The summed E-state index contributed by atoms with van der Waals surface area (Å²) in [5.74, 6) is 9.61. The van der Waals surface area contributed by atoms with Crippen LogP contribution in [0.25, 0.3) is 0 Å². The summed E-state index contributed by atoms with van der Waals surface area (Å²) in [5, 5.41) is 10.1. The van der Waals surface area contributed by atoms with Gasteiger partial charge in [0, 0.05) is 0 Å². The van der Waals surface area contributed by atoms with Crippen molar-refractivity contribution in [3.63, 3.8) is 0 Å². The number of Topliss-reactive ketones (excluding diaryl/α,β-unsaturated/α-hetero) is 2. The van der Waals surface area contributed by atoms with Crippen LogP contribution in [-0.4, -0.2) is 36.7 Å². The summed E-state index contributed by atoms with van der Waals surface area (Å²) in [4.78, 5) is 25.6. The molecule has 3 N–H and O–H groups in total. The van der Waals surface area contributed by atoms with Crippen LogP contribution in [0.5, 0.6) is 0 Å². The Morgan fingerprint density at radius 1 is 1.28 bits per heavy atom. The molecule has 0 spiro atoms. The minimum atomic E-state index is -2.45. The molecule has 2 aliphatic carbocycles. The summed E-state index contributed by atoms with van der Waals surface area (Å²) >= 11 is 0. The Bertz CT molecular complexity index is 808. The molecule has 132 valence electrons. The smallest absolute Gasteiger partial charge is 0.208 e. The number of rotatable bonds is 2. The van der Waals surface area contributed by atoms with Gasteiger partial charge in [0.25, 0.3) is 0 Å². The number of carbonyl (C=O) groups excluding carboxylic acids is 2. The second kappa shape index (κ2) is 6.31. The number of aliphatic hydroxyl groups excluding tert-OH is 1. The van der Waals surface area contributed by atoms with Crippen molar-refractivity contribution in [1.82, 2.24) is 0 Å². The molecule has 2 bridgehead atoms. The molecule has 0 amide bonds. The lowest BCUT2D eigenvalue weighted by atomic mass is 9.79. The molecule has 0 fully saturated rings. The maximum Gasteiger partial charge on any atom is 0.208 e. The maximum atomic E-state index is 13.2. The van der Waals surface area contributed by atoms with Crippen LogP contribution in [0.1, 0.15) is 27.2 Å². The molecule has 0 radical (unpaired) electrons. The van der Waals surface area contributed by atoms with Gasteiger partial charge in [-0.05, 0) is 30.3 Å². The Hall–Kier alpha value is -2.12. The Labute approximate surface area is 149 Å². The van der Waals surface area contributed by atoms with E-state index in [1.165, 1.54) is 12.2 Å². The number of ketones is 2. The zero-order valence-electron chi connectivity index (χ0n) is 15.2. The molecule has 0 aliphatic heterocycles. The van der Waals surface area contributed by atoms with Gasteiger partial charge in [0.1, 0.15) is 6.10 Å². The standard InChI is InChI=1S/C19H23NO4Si/c1-18(2,3)25(4,5)24-19-11-9-7-6-8-10-13(21)15(17(19)23)16(20)14(22)12-19/h6-7,13,21H,12,20H2,1-5H3/b7-6-/t13-,19-/m1/s1. The molecule has 6 heteroatoms. The third-order valence-corrected chi connectivity index (χ3v) is 9.34. The lowest BCUT2D eigenvalue weighted by molar-refractivity contribution is -0.135. The van der Waals surface area contributed by atoms with Crippen molar-refractivity contribution in [2.45, 2.75) is 57.0 Å². The lowest BCUT2D eigenvalue weighted by Gasteiger charge is -2.44. The number of carbonyl (C=O) groups is 2. The SMILES string of the molecule is CC(C)(C)[Si](C)(C)O[C@]12C#C/C=C\C#C[C@@H](O)C(=C(N)C(=O)C1)C2=O. The molecule has 2 rings (SSSR count). The van der Waals surface area contributed by atoms with Crippen LogP contribution in [-0.2, 0) is 14.0 Å². The number of fused-ring (bicyclic) bond motifs is 2. The fourth-order valence-electron chi connectivity index (χ4n) is 2.40. The first-order valence-corrected chi connectivity index (χ1v) is 11.0. The normalized spacial score (nSPS) is 27.8. The van der Waals surface area contributed by atoms with E-state index < -0.39 is 31.6 Å². The summed E-state index contributed by atoms with van der Waals surface area (Å²) in [6, 6.07) is 0. The molecule has 25 heavy (non-hydrogen) atoms. The molecule has 0 saturated carbocycles. The predicted octanol–water partition coefficient (Wildman–Crippen LogP) is 1.44. The molecule has 0 aromatic carbocycles. The number of allylic oxidation sites excluding steroid dienone is 3. The third kappa shape index (κ3) is 3.47. The van der Waals surface area contributed by atoms with Crippen LogP contribution in [0.2, 0.25) is 18.1 Å². The van der Waals surface area contributed by atoms with Crippen LogP contribution in [0.4, 0.5) is 0 Å². The van der Waals surface area contributed by atoms with E-state index in [4.69, 9.17) is 10.2 Å². The van der Waals surface area contributed by atoms with Crippen molar-refractivity contribution in [1.29, 1.82) is 0 Å². The second-order valence-corrected chi connectivity index (χ2v) is 12.5. The van der Waals surface area contributed by atoms with Gasteiger partial charge >= 0.3 is 0 Å². The zero-order chi connectivity index (χ0) is 19.0. The highest BCUT2D eigenvalue weighted by Gasteiger charge is 2.53. The molecular weight excluding hydrogens is 334 g/mol. The fraction of sp³-hybridized carbons (Fsp3) is 0.474. The molecule has 0 unspecified atom stereocenters. The first-order chi connectivity index (χ1) is 11.4. The number of nitrogens with two attached hydrogens (primary N) is 1. The van der Waals surface area contributed by atoms with Crippen molar-refractivity contribution in [2.75, 3.05) is 0 Å². The molecular formula is C19H23NO4Si. The Morgan fingerprint density at radius 2 is 1.88 bits per heavy atom. The van der Waals surface area contributed by atoms with Gasteiger partial charge in [0.15, 0.2) is 19.7 Å². The van der Waals surface area contributed by atoms with Crippen LogP contribution in [0.15, 0.2) is 23.4 Å². The van der Waals surface area contributed by atoms with E-state index in [-0.39, 0.29) is 22.7 Å². The van der Waals surface area contributed by atoms with Gasteiger partial charge in [-0.1, -0.05) is 44.5 Å². The maximum absolute atomic E-state index is 13.2. The first kappa shape index (κ1) is 19.2. The van der Waals surface area contributed by atoms with E-state index in [1.807, 2.05) is 33.9 Å². The first-order valence-electron chi connectivity index (χ1n) is 8.06. The fourth-order valence-corrected chi connectivity index (χ4v) is 3.79. The van der Waals surface area contributed by atoms with E-state index in [1.54, 1.807) is 0 Å². The minimum absolute atomic E-state index is 0.191. The van der Waals surface area contributed by atoms with Crippen LogP contribution < -0.4 is 5.73 Å². The predicted molar refractivity (Wildman–Crippen MR) is 97.6 cm³/mol. The summed E-state index contributed by atoms with van der Waals surface area (Å²) in [6.07, 6.45) is 1.24. The Morgan fingerprint density at radius 3 is 2.48 bits per heavy atom. The Kier molecular flexibility index (Phi) is 4.85. The average Bonchev–Trinajstić information content (AvgIpc) is 2.46. The highest BCUT2D eigenvalue weighted by molar-refractivity contribution is 6.74. The van der Waals surface area contributed by atoms with Crippen molar-refractivity contribution in [3.05, 3.63) is 23.4 Å². The molecule has 2 atom stereocenters. The number of aliphatic hydroxyl groups is 1. The zero-order valence-corrected chi connectivity index (χ0v) is 16.2. The quantitative estimate of drug-likeness (QED) is 0.576. The monoisotopic (exact) mass is 357 g/mol. The van der Waals surface area contributed by atoms with Gasteiger partial charge in [-0.2, -0.15) is 0 Å². The van der Waals surface area contributed by atoms with Gasteiger partial charge < -0.3 is 15.3 Å². The molecule has 0 aromatic heterocycles. The highest BCUT2D eigenvalue weighted by atomic mass is 28.4.